The molecule has 1 fully saturated rings. The molecule has 4 aromatic carbocycles. The maximum absolute atomic E-state index is 14.9. The molecule has 0 aliphatic carbocycles. The van der Waals surface area contributed by atoms with E-state index < -0.39 is 114 Å². The van der Waals surface area contributed by atoms with Gasteiger partial charge in [-0.15, -0.1) is 0 Å². The zero-order chi connectivity index (χ0) is 58.5. The summed E-state index contributed by atoms with van der Waals surface area (Å²) in [4.78, 5) is 126. The summed E-state index contributed by atoms with van der Waals surface area (Å²) in [5.41, 5.74) is 19.5. The first-order valence-corrected chi connectivity index (χ1v) is 29.0. The van der Waals surface area contributed by atoms with Crippen LogP contribution in [0.25, 0.3) is 0 Å². The summed E-state index contributed by atoms with van der Waals surface area (Å²) in [6, 6.07) is 16.0. The molecular weight excluding hydrogens is 1090 g/mol. The van der Waals surface area contributed by atoms with Gasteiger partial charge in [-0.05, 0) is 123 Å². The number of ketones is 1. The molecule has 8 amide bonds. The molecule has 24 heteroatoms. The zero-order valence-corrected chi connectivity index (χ0v) is 46.8. The third-order valence-corrected chi connectivity index (χ3v) is 16.1. The highest BCUT2D eigenvalue weighted by Crippen LogP contribution is 2.27. The Kier molecular flexibility index (Phi) is 25.1. The molecule has 21 nitrogen and oxygen atoms in total. The third kappa shape index (κ3) is 20.2. The fourth-order valence-corrected chi connectivity index (χ4v) is 11.2. The number of rotatable bonds is 20. The predicted molar refractivity (Wildman–Crippen MR) is 305 cm³/mol. The van der Waals surface area contributed by atoms with Crippen LogP contribution in [0.3, 0.4) is 0 Å². The summed E-state index contributed by atoms with van der Waals surface area (Å²) in [5.74, 6) is -9.51. The number of aromatic hydroxyl groups is 2. The number of Topliss-reactive ketones (excluding diaryl/α,β-unsaturated/α-hetero) is 1. The van der Waals surface area contributed by atoms with Gasteiger partial charge in [0.05, 0.1) is 12.1 Å². The number of nitrogens with one attached hydrogen (secondary N) is 6. The van der Waals surface area contributed by atoms with Crippen molar-refractivity contribution in [3.63, 3.8) is 0 Å². The highest BCUT2D eigenvalue weighted by molar-refractivity contribution is 8.76. The van der Waals surface area contributed by atoms with Gasteiger partial charge in [0, 0.05) is 53.2 Å². The fraction of sp³-hybridized carbons (Fsp3) is 0.411. The number of carbonyl (C=O) groups excluding carboxylic acids is 9. The van der Waals surface area contributed by atoms with Crippen molar-refractivity contribution >= 4 is 86.2 Å². The Hall–Kier alpha value is -7.18. The van der Waals surface area contributed by atoms with Crippen molar-refractivity contribution in [1.82, 2.24) is 31.9 Å². The lowest BCUT2D eigenvalue weighted by Gasteiger charge is -2.29. The molecular formula is C56H70ClN9O12S2. The van der Waals surface area contributed by atoms with Gasteiger partial charge in [-0.3, -0.25) is 43.2 Å². The Bertz CT molecular complexity index is 2780. The largest absolute Gasteiger partial charge is 0.508 e. The molecule has 0 unspecified atom stereocenters. The first-order valence-electron chi connectivity index (χ1n) is 26.1. The molecule has 0 radical (unpaired) electrons. The number of unbranched alkanes of at least 4 members (excludes halogenated alkanes) is 1. The van der Waals surface area contributed by atoms with Gasteiger partial charge < -0.3 is 64.4 Å². The number of aliphatic hydroxyl groups is 1. The van der Waals surface area contributed by atoms with E-state index in [4.69, 9.17) is 28.8 Å². The van der Waals surface area contributed by atoms with Crippen LogP contribution in [0.5, 0.6) is 11.5 Å². The van der Waals surface area contributed by atoms with Crippen molar-refractivity contribution in [2.24, 2.45) is 29.0 Å². The van der Waals surface area contributed by atoms with Crippen molar-refractivity contribution < 1.29 is 58.5 Å². The number of hydrogen-bond acceptors (Lipinski definition) is 15. The molecule has 430 valence electrons. The van der Waals surface area contributed by atoms with E-state index >= 15 is 0 Å². The summed E-state index contributed by atoms with van der Waals surface area (Å²) in [6.45, 7) is 3.26. The third-order valence-electron chi connectivity index (χ3n) is 13.4. The van der Waals surface area contributed by atoms with Crippen molar-refractivity contribution in [2.45, 2.75) is 114 Å². The number of benzene rings is 4. The number of hydrogen-bond donors (Lipinski definition) is 12. The monoisotopic (exact) mass is 1160 g/mol. The van der Waals surface area contributed by atoms with Gasteiger partial charge in [0.1, 0.15) is 41.7 Å². The number of nitrogens with two attached hydrogens (primary N) is 3. The van der Waals surface area contributed by atoms with Crippen LogP contribution in [0, 0.1) is 11.8 Å². The van der Waals surface area contributed by atoms with Crippen molar-refractivity contribution in [2.75, 3.05) is 18.1 Å². The second-order valence-corrected chi connectivity index (χ2v) is 22.6. The molecule has 1 heterocycles. The van der Waals surface area contributed by atoms with Crippen LogP contribution in [0.1, 0.15) is 78.6 Å². The van der Waals surface area contributed by atoms with E-state index in [1.165, 1.54) is 67.6 Å². The number of primary amides is 2. The van der Waals surface area contributed by atoms with Crippen molar-refractivity contribution in [3.8, 4) is 11.5 Å². The SMILES string of the molecule is CC[C@@H](Cc1ccc(Cl)cc1)C(=O)N[C@@H]1CSSC[C@@H](C(=O)N[C@H](Cc2ccc(O)cc2)C(N)=O)NC(=O)[C@H]([C@@H](C)O)NC(=O)[C@H](CCCCN)NC(=O)[C@@H](Cc2ccc(C(N)=O)cc2)NC(=O)[C@H](Cc2ccc(O)cc2)CC1=O. The van der Waals surface area contributed by atoms with Gasteiger partial charge in [0.2, 0.25) is 47.3 Å². The molecule has 80 heavy (non-hydrogen) atoms. The minimum Gasteiger partial charge on any atom is -0.508 e. The summed E-state index contributed by atoms with van der Waals surface area (Å²) >= 11 is 6.14. The Morgan fingerprint density at radius 1 is 0.688 bits per heavy atom. The van der Waals surface area contributed by atoms with E-state index in [0.717, 1.165) is 27.2 Å². The molecule has 1 aliphatic heterocycles. The number of aliphatic hydroxyl groups excluding tert-OH is 1. The second kappa shape index (κ2) is 31.6. The van der Waals surface area contributed by atoms with Gasteiger partial charge in [0.15, 0.2) is 5.78 Å². The van der Waals surface area contributed by atoms with Crippen molar-refractivity contribution in [1.29, 1.82) is 0 Å². The van der Waals surface area contributed by atoms with Gasteiger partial charge in [-0.2, -0.15) is 0 Å². The minimum absolute atomic E-state index is 0.0327. The lowest BCUT2D eigenvalue weighted by atomic mass is 9.90. The first kappa shape index (κ1) is 63.6. The molecule has 1 saturated heterocycles. The molecule has 0 spiro atoms. The number of phenols is 2. The van der Waals surface area contributed by atoms with Crippen molar-refractivity contribution in [3.05, 3.63) is 130 Å². The standard InChI is InChI=1S/C56H70ClN9O12S2/c1-3-36(24-32-9-17-39(57)18-10-32)51(73)64-45-29-79-80-30-46(55(77)62-43(50(60)72)26-35-13-21-41(69)22-14-35)65-56(78)48(31(2)67)66-53(75)42(6-4-5-23-58)61-54(76)44(27-34-7-15-37(16-8-34)49(59)71)63-52(74)38(28-47(45)70)25-33-11-19-40(68)20-12-33/h7-22,31,36,38,42-46,48,67-69H,3-6,23-30,58H2,1-2H3,(H2,59,71)(H2,60,72)(H,61,76)(H,62,77)(H,63,74)(H,64,73)(H,65,78)(H,66,75)/t31-,36+,38-,42+,43-,44-,45-,46+,48+/m1/s1. The smallest absolute Gasteiger partial charge is 0.248 e. The number of phenolic OH excluding ortho intramolecular Hbond substituents is 2. The lowest BCUT2D eigenvalue weighted by molar-refractivity contribution is -0.137. The van der Waals surface area contributed by atoms with Crippen LogP contribution >= 0.6 is 33.2 Å². The predicted octanol–water partition coefficient (Wildman–Crippen LogP) is 2.02. The molecule has 4 aromatic rings. The van der Waals surface area contributed by atoms with E-state index in [-0.39, 0.29) is 60.8 Å². The second-order valence-electron chi connectivity index (χ2n) is 19.6. The summed E-state index contributed by atoms with van der Waals surface area (Å²) in [6.07, 6.45) is -1.15. The van der Waals surface area contributed by atoms with Crippen LogP contribution in [0.4, 0.5) is 0 Å². The Balaban J connectivity index is 1.59. The molecule has 0 bridgehead atoms. The van der Waals surface area contributed by atoms with E-state index in [2.05, 4.69) is 31.9 Å². The molecule has 5 rings (SSSR count). The zero-order valence-electron chi connectivity index (χ0n) is 44.4. The number of carbonyl (C=O) groups is 9. The number of halogens is 1. The normalized spacial score (nSPS) is 21.0. The Morgan fingerprint density at radius 3 is 1.82 bits per heavy atom. The van der Waals surface area contributed by atoms with Gasteiger partial charge in [-0.1, -0.05) is 88.6 Å². The molecule has 9 atom stereocenters. The first-order chi connectivity index (χ1) is 38.1. The molecule has 1 aliphatic rings. The highest BCUT2D eigenvalue weighted by Gasteiger charge is 2.37. The quantitative estimate of drug-likeness (QED) is 0.0445. The maximum Gasteiger partial charge on any atom is 0.248 e. The fourth-order valence-electron chi connectivity index (χ4n) is 8.66. The van der Waals surface area contributed by atoms with Gasteiger partial charge in [-0.25, -0.2) is 0 Å². The van der Waals surface area contributed by atoms with Crippen LogP contribution in [-0.2, 0) is 64.0 Å². The highest BCUT2D eigenvalue weighted by atomic mass is 35.5. The minimum atomic E-state index is -1.74. The molecule has 0 aromatic heterocycles. The Morgan fingerprint density at radius 2 is 1.24 bits per heavy atom. The van der Waals surface area contributed by atoms with Gasteiger partial charge in [0.25, 0.3) is 0 Å². The average molecular weight is 1160 g/mol. The summed E-state index contributed by atoms with van der Waals surface area (Å²) in [5, 5.41) is 47.6. The van der Waals surface area contributed by atoms with Gasteiger partial charge >= 0.3 is 0 Å². The molecule has 0 saturated carbocycles. The Labute approximate surface area is 476 Å². The van der Waals surface area contributed by atoms with E-state index in [9.17, 15) is 58.5 Å². The average Bonchev–Trinajstić information content (AvgIpc) is 3.43. The maximum atomic E-state index is 14.9. The van der Waals surface area contributed by atoms with E-state index in [1.54, 1.807) is 36.4 Å². The van der Waals surface area contributed by atoms with E-state index in [1.807, 2.05) is 6.92 Å². The van der Waals surface area contributed by atoms with Crippen LogP contribution in [0.15, 0.2) is 97.1 Å². The number of amides is 8. The summed E-state index contributed by atoms with van der Waals surface area (Å²) < 4.78 is 0. The van der Waals surface area contributed by atoms with Crippen LogP contribution in [0.2, 0.25) is 5.02 Å². The van der Waals surface area contributed by atoms with Crippen LogP contribution < -0.4 is 49.1 Å². The van der Waals surface area contributed by atoms with E-state index in [0.29, 0.717) is 47.4 Å². The summed E-state index contributed by atoms with van der Waals surface area (Å²) in [7, 11) is 2.05. The van der Waals surface area contributed by atoms with Crippen LogP contribution in [-0.4, -0.2) is 129 Å². The molecule has 15 N–H and O–H groups in total. The topological polar surface area (TPSA) is 365 Å². The lowest BCUT2D eigenvalue weighted by Crippen LogP contribution is -2.62.